The molecule has 8 atom stereocenters. The Morgan fingerprint density at radius 1 is 1.03 bits per heavy atom. The van der Waals surface area contributed by atoms with E-state index in [-0.39, 0.29) is 11.3 Å². The highest BCUT2D eigenvalue weighted by Gasteiger charge is 2.62. The highest BCUT2D eigenvalue weighted by molar-refractivity contribution is 6.00. The molecule has 5 rings (SSSR count). The minimum absolute atomic E-state index is 0.147. The van der Waals surface area contributed by atoms with E-state index in [1.54, 1.807) is 7.11 Å². The van der Waals surface area contributed by atoms with E-state index in [4.69, 9.17) is 9.47 Å². The molecule has 1 aromatic carbocycles. The van der Waals surface area contributed by atoms with Crippen molar-refractivity contribution in [2.24, 2.45) is 46.3 Å². The lowest BCUT2D eigenvalue weighted by Gasteiger charge is -2.62. The molecule has 4 saturated carbocycles. The maximum Gasteiger partial charge on any atom is 0.166 e. The van der Waals surface area contributed by atoms with Crippen molar-refractivity contribution < 1.29 is 14.3 Å². The van der Waals surface area contributed by atoms with Gasteiger partial charge >= 0.3 is 0 Å². The highest BCUT2D eigenvalue weighted by atomic mass is 16.5. The first-order valence-electron chi connectivity index (χ1n) is 13.5. The Morgan fingerprint density at radius 2 is 1.85 bits per heavy atom. The van der Waals surface area contributed by atoms with Crippen molar-refractivity contribution in [3.8, 4) is 5.75 Å². The van der Waals surface area contributed by atoms with Crippen LogP contribution in [0.25, 0.3) is 0 Å². The fourth-order valence-electron chi connectivity index (χ4n) is 9.47. The van der Waals surface area contributed by atoms with Gasteiger partial charge in [0.25, 0.3) is 0 Å². The summed E-state index contributed by atoms with van der Waals surface area (Å²) in [5.74, 6) is 5.35. The van der Waals surface area contributed by atoms with Gasteiger partial charge in [0.15, 0.2) is 5.78 Å². The van der Waals surface area contributed by atoms with E-state index in [2.05, 4.69) is 20.8 Å². The van der Waals surface area contributed by atoms with Crippen LogP contribution in [0.3, 0.4) is 0 Å². The van der Waals surface area contributed by atoms with E-state index < -0.39 is 0 Å². The maximum absolute atomic E-state index is 13.9. The van der Waals surface area contributed by atoms with E-state index in [9.17, 15) is 4.79 Å². The third-order valence-electron chi connectivity index (χ3n) is 11.1. The molecule has 0 saturated heterocycles. The molecule has 4 aliphatic rings. The van der Waals surface area contributed by atoms with Crippen LogP contribution in [0.4, 0.5) is 0 Å². The molecule has 0 heterocycles. The molecular formula is C30H44O3. The number of benzene rings is 1. The van der Waals surface area contributed by atoms with E-state index in [1.807, 2.05) is 25.3 Å². The Balaban J connectivity index is 1.41. The summed E-state index contributed by atoms with van der Waals surface area (Å²) in [6, 6.07) is 5.96. The molecule has 33 heavy (non-hydrogen) atoms. The van der Waals surface area contributed by atoms with Gasteiger partial charge in [0.1, 0.15) is 5.75 Å². The van der Waals surface area contributed by atoms with Crippen LogP contribution >= 0.6 is 0 Å². The van der Waals surface area contributed by atoms with E-state index in [0.717, 1.165) is 53.6 Å². The van der Waals surface area contributed by atoms with Gasteiger partial charge in [0, 0.05) is 18.6 Å². The summed E-state index contributed by atoms with van der Waals surface area (Å²) in [6.07, 6.45) is 11.6. The van der Waals surface area contributed by atoms with Crippen molar-refractivity contribution in [1.29, 1.82) is 0 Å². The molecule has 0 aromatic heterocycles. The van der Waals surface area contributed by atoms with Crippen LogP contribution in [-0.4, -0.2) is 26.6 Å². The average Bonchev–Trinajstić information content (AvgIpc) is 3.16. The van der Waals surface area contributed by atoms with Gasteiger partial charge in [-0.25, -0.2) is 0 Å². The summed E-state index contributed by atoms with van der Waals surface area (Å²) in [6.45, 7) is 7.93. The largest absolute Gasteiger partial charge is 0.497 e. The van der Waals surface area contributed by atoms with Crippen molar-refractivity contribution in [3.63, 3.8) is 0 Å². The van der Waals surface area contributed by atoms with Gasteiger partial charge < -0.3 is 9.47 Å². The first kappa shape index (κ1) is 23.4. The third kappa shape index (κ3) is 3.60. The van der Waals surface area contributed by atoms with Crippen molar-refractivity contribution >= 4 is 5.78 Å². The fraction of sp³-hybridized carbons (Fsp3) is 0.767. The zero-order valence-electron chi connectivity index (χ0n) is 21.5. The van der Waals surface area contributed by atoms with Gasteiger partial charge in [-0.15, -0.1) is 0 Å². The van der Waals surface area contributed by atoms with Gasteiger partial charge in [0.05, 0.1) is 13.7 Å². The molecule has 182 valence electrons. The molecule has 0 spiro atoms. The van der Waals surface area contributed by atoms with E-state index in [1.165, 1.54) is 51.4 Å². The van der Waals surface area contributed by atoms with Crippen LogP contribution in [0.1, 0.15) is 87.6 Å². The number of Topliss-reactive ketones (excluding diaryl/α,β-unsaturated/α-hetero) is 1. The average molecular weight is 453 g/mol. The van der Waals surface area contributed by atoms with Crippen LogP contribution in [0, 0.1) is 53.3 Å². The smallest absolute Gasteiger partial charge is 0.166 e. The molecule has 4 aliphatic carbocycles. The van der Waals surface area contributed by atoms with Crippen LogP contribution < -0.4 is 4.74 Å². The lowest BCUT2D eigenvalue weighted by atomic mass is 9.43. The minimum atomic E-state index is 0.147. The topological polar surface area (TPSA) is 35.5 Å². The van der Waals surface area contributed by atoms with E-state index in [0.29, 0.717) is 17.1 Å². The second kappa shape index (κ2) is 8.70. The number of hydrogen-bond donors (Lipinski definition) is 0. The quantitative estimate of drug-likeness (QED) is 0.447. The molecule has 0 radical (unpaired) electrons. The predicted octanol–water partition coefficient (Wildman–Crippen LogP) is 7.11. The summed E-state index contributed by atoms with van der Waals surface area (Å²) >= 11 is 0. The Hall–Kier alpha value is -1.35. The summed E-state index contributed by atoms with van der Waals surface area (Å²) < 4.78 is 11.3. The molecule has 0 bridgehead atoms. The number of carbonyl (C=O) groups is 1. The lowest BCUT2D eigenvalue weighted by molar-refractivity contribution is -0.148. The number of hydrogen-bond acceptors (Lipinski definition) is 3. The molecule has 3 heteroatoms. The summed E-state index contributed by atoms with van der Waals surface area (Å²) in [5.41, 5.74) is 2.50. The molecular weight excluding hydrogens is 408 g/mol. The number of rotatable bonds is 5. The lowest BCUT2D eigenvalue weighted by Crippen LogP contribution is -2.56. The van der Waals surface area contributed by atoms with Gasteiger partial charge in [-0.3, -0.25) is 4.79 Å². The first-order valence-corrected chi connectivity index (χ1v) is 13.5. The second-order valence-corrected chi connectivity index (χ2v) is 12.4. The van der Waals surface area contributed by atoms with Crippen molar-refractivity contribution in [2.75, 3.05) is 20.8 Å². The number of methoxy groups -OCH3 is 2. The standard InChI is InChI=1S/C30H44O3/c1-19-12-15-30(18-32-4)21(16-19)6-8-24-25-10-11-27(29(25,3)14-13-26(24)30)28(31)23-9-7-22(33-5)17-20(23)2/h7,9,17,19,21,24-27H,6,8,10-16,18H2,1-5H3. The van der Waals surface area contributed by atoms with Crippen LogP contribution in [0.15, 0.2) is 18.2 Å². The molecule has 0 aliphatic heterocycles. The summed E-state index contributed by atoms with van der Waals surface area (Å²) in [7, 11) is 3.61. The van der Waals surface area contributed by atoms with Crippen molar-refractivity contribution in [2.45, 2.75) is 78.6 Å². The van der Waals surface area contributed by atoms with E-state index >= 15 is 0 Å². The summed E-state index contributed by atoms with van der Waals surface area (Å²) in [4.78, 5) is 13.9. The Bertz CT molecular complexity index is 893. The van der Waals surface area contributed by atoms with Crippen LogP contribution in [-0.2, 0) is 4.74 Å². The van der Waals surface area contributed by atoms with Gasteiger partial charge in [-0.1, -0.05) is 20.3 Å². The maximum atomic E-state index is 13.9. The zero-order valence-corrected chi connectivity index (χ0v) is 21.5. The van der Waals surface area contributed by atoms with Crippen molar-refractivity contribution in [3.05, 3.63) is 29.3 Å². The second-order valence-electron chi connectivity index (χ2n) is 12.4. The predicted molar refractivity (Wildman–Crippen MR) is 133 cm³/mol. The molecule has 0 amide bonds. The number of aryl methyl sites for hydroxylation is 1. The monoisotopic (exact) mass is 452 g/mol. The molecule has 3 nitrogen and oxygen atoms in total. The normalized spacial score (nSPS) is 42.2. The highest BCUT2D eigenvalue weighted by Crippen LogP contribution is 2.68. The fourth-order valence-corrected chi connectivity index (χ4v) is 9.47. The Kier molecular flexibility index (Phi) is 6.17. The van der Waals surface area contributed by atoms with Crippen LogP contribution in [0.2, 0.25) is 0 Å². The number of fused-ring (bicyclic) bond motifs is 5. The molecule has 8 unspecified atom stereocenters. The van der Waals surface area contributed by atoms with Crippen molar-refractivity contribution in [1.82, 2.24) is 0 Å². The molecule has 4 fully saturated rings. The SMILES string of the molecule is COCC12CCC(C)CC1CCC1C3CCC(C(=O)c4ccc(OC)cc4C)C3(C)CCC12. The third-order valence-corrected chi connectivity index (χ3v) is 11.1. The molecule has 1 aromatic rings. The number of carbonyl (C=O) groups excluding carboxylic acids is 1. The Labute approximate surface area is 201 Å². The minimum Gasteiger partial charge on any atom is -0.497 e. The Morgan fingerprint density at radius 3 is 2.58 bits per heavy atom. The number of ketones is 1. The first-order chi connectivity index (χ1) is 15.8. The van der Waals surface area contributed by atoms with Gasteiger partial charge in [0.2, 0.25) is 0 Å². The van der Waals surface area contributed by atoms with Crippen LogP contribution in [0.5, 0.6) is 5.75 Å². The van der Waals surface area contributed by atoms with Gasteiger partial charge in [-0.2, -0.15) is 0 Å². The summed E-state index contributed by atoms with van der Waals surface area (Å²) in [5, 5.41) is 0. The number of ether oxygens (including phenoxy) is 2. The zero-order chi connectivity index (χ0) is 23.4. The molecule has 0 N–H and O–H groups in total. The van der Waals surface area contributed by atoms with Gasteiger partial charge in [-0.05, 0) is 122 Å².